The topological polar surface area (TPSA) is 94.8 Å². The van der Waals surface area contributed by atoms with Crippen molar-refractivity contribution >= 4 is 11.6 Å². The first-order valence-electron chi connectivity index (χ1n) is 7.44. The summed E-state index contributed by atoms with van der Waals surface area (Å²) in [7, 11) is 0. The molecular formula is C16H30O5. The van der Waals surface area contributed by atoms with Crippen LogP contribution in [-0.4, -0.2) is 44.7 Å². The Balaban J connectivity index is 5.02. The molecule has 3 atom stereocenters. The zero-order valence-electron chi connectivity index (χ0n) is 14.0. The third kappa shape index (κ3) is 6.24. The Morgan fingerprint density at radius 1 is 1.10 bits per heavy atom. The average Bonchev–Trinajstić information content (AvgIpc) is 2.31. The van der Waals surface area contributed by atoms with Gasteiger partial charge in [0.1, 0.15) is 11.4 Å². The number of rotatable bonds is 8. The van der Waals surface area contributed by atoms with Crippen molar-refractivity contribution in [2.45, 2.75) is 78.6 Å². The Morgan fingerprint density at radius 2 is 1.57 bits per heavy atom. The van der Waals surface area contributed by atoms with Gasteiger partial charge in [0.15, 0.2) is 5.78 Å². The van der Waals surface area contributed by atoms with Crippen LogP contribution in [0.5, 0.6) is 0 Å². The van der Waals surface area contributed by atoms with Gasteiger partial charge in [-0.05, 0) is 25.7 Å². The highest BCUT2D eigenvalue weighted by Gasteiger charge is 2.43. The van der Waals surface area contributed by atoms with E-state index in [1.807, 2.05) is 0 Å². The molecule has 0 aliphatic rings. The monoisotopic (exact) mass is 302 g/mol. The SMILES string of the molecule is CC(=O)C[C@](O)(CC[C@H](O)[C@H](O)C(C)C)C(=O)C(C)(C)C. The second-order valence-electron chi connectivity index (χ2n) is 7.33. The molecule has 0 saturated heterocycles. The van der Waals surface area contributed by atoms with Gasteiger partial charge in [0, 0.05) is 11.8 Å². The molecule has 0 radical (unpaired) electrons. The van der Waals surface area contributed by atoms with Crippen LogP contribution in [0.1, 0.15) is 60.8 Å². The molecule has 0 saturated carbocycles. The van der Waals surface area contributed by atoms with E-state index >= 15 is 0 Å². The first kappa shape index (κ1) is 20.2. The van der Waals surface area contributed by atoms with Crippen molar-refractivity contribution in [2.24, 2.45) is 11.3 Å². The Hall–Kier alpha value is -0.780. The molecule has 0 aromatic rings. The van der Waals surface area contributed by atoms with Gasteiger partial charge >= 0.3 is 0 Å². The van der Waals surface area contributed by atoms with Crippen LogP contribution in [0.4, 0.5) is 0 Å². The van der Waals surface area contributed by atoms with Crippen molar-refractivity contribution < 1.29 is 24.9 Å². The second kappa shape index (κ2) is 7.47. The summed E-state index contributed by atoms with van der Waals surface area (Å²) in [6.45, 7) is 9.91. The molecule has 0 unspecified atom stereocenters. The first-order valence-corrected chi connectivity index (χ1v) is 7.44. The number of carbonyl (C=O) groups is 2. The van der Waals surface area contributed by atoms with E-state index in [0.29, 0.717) is 0 Å². The minimum Gasteiger partial charge on any atom is -0.390 e. The number of aliphatic hydroxyl groups is 3. The van der Waals surface area contributed by atoms with Crippen LogP contribution in [0, 0.1) is 11.3 Å². The van der Waals surface area contributed by atoms with Crippen molar-refractivity contribution in [1.82, 2.24) is 0 Å². The zero-order valence-corrected chi connectivity index (χ0v) is 14.0. The van der Waals surface area contributed by atoms with Crippen LogP contribution >= 0.6 is 0 Å². The minimum atomic E-state index is -1.79. The maximum atomic E-state index is 12.4. The highest BCUT2D eigenvalue weighted by molar-refractivity contribution is 5.95. The van der Waals surface area contributed by atoms with Crippen LogP contribution in [0.25, 0.3) is 0 Å². The van der Waals surface area contributed by atoms with Crippen LogP contribution in [0.3, 0.4) is 0 Å². The lowest BCUT2D eigenvalue weighted by molar-refractivity contribution is -0.151. The summed E-state index contributed by atoms with van der Waals surface area (Å²) in [5.74, 6) is -0.829. The molecule has 0 aromatic heterocycles. The number of ketones is 2. The van der Waals surface area contributed by atoms with Gasteiger partial charge in [-0.3, -0.25) is 9.59 Å². The highest BCUT2D eigenvalue weighted by Crippen LogP contribution is 2.30. The Kier molecular flexibility index (Phi) is 7.20. The molecule has 0 heterocycles. The van der Waals surface area contributed by atoms with E-state index in [4.69, 9.17) is 0 Å². The smallest absolute Gasteiger partial charge is 0.170 e. The van der Waals surface area contributed by atoms with E-state index in [0.717, 1.165) is 0 Å². The van der Waals surface area contributed by atoms with Crippen LogP contribution in [-0.2, 0) is 9.59 Å². The number of carbonyl (C=O) groups excluding carboxylic acids is 2. The second-order valence-corrected chi connectivity index (χ2v) is 7.33. The molecular weight excluding hydrogens is 272 g/mol. The van der Waals surface area contributed by atoms with Gasteiger partial charge in [0.05, 0.1) is 12.2 Å². The van der Waals surface area contributed by atoms with Gasteiger partial charge in [0.25, 0.3) is 0 Å². The van der Waals surface area contributed by atoms with Gasteiger partial charge in [0.2, 0.25) is 0 Å². The molecule has 0 rings (SSSR count). The van der Waals surface area contributed by atoms with Crippen molar-refractivity contribution in [1.29, 1.82) is 0 Å². The number of hydrogen-bond donors (Lipinski definition) is 3. The molecule has 124 valence electrons. The zero-order chi connectivity index (χ0) is 17.0. The third-order valence-electron chi connectivity index (χ3n) is 3.58. The molecule has 0 aromatic carbocycles. The lowest BCUT2D eigenvalue weighted by Crippen LogP contribution is -2.47. The van der Waals surface area contributed by atoms with E-state index < -0.39 is 29.0 Å². The number of hydrogen-bond acceptors (Lipinski definition) is 5. The maximum absolute atomic E-state index is 12.4. The van der Waals surface area contributed by atoms with E-state index in [1.165, 1.54) is 6.92 Å². The van der Waals surface area contributed by atoms with Gasteiger partial charge in [-0.15, -0.1) is 0 Å². The Labute approximate surface area is 127 Å². The predicted molar refractivity (Wildman–Crippen MR) is 80.8 cm³/mol. The van der Waals surface area contributed by atoms with Crippen LogP contribution in [0.15, 0.2) is 0 Å². The third-order valence-corrected chi connectivity index (χ3v) is 3.58. The highest BCUT2D eigenvalue weighted by atomic mass is 16.3. The normalized spacial score (nSPS) is 18.2. The van der Waals surface area contributed by atoms with E-state index in [-0.39, 0.29) is 31.0 Å². The van der Waals surface area contributed by atoms with E-state index in [1.54, 1.807) is 34.6 Å². The maximum Gasteiger partial charge on any atom is 0.170 e. The largest absolute Gasteiger partial charge is 0.390 e. The summed E-state index contributed by atoms with van der Waals surface area (Å²) in [5.41, 5.74) is -2.58. The fraction of sp³-hybridized carbons (Fsp3) is 0.875. The molecule has 0 bridgehead atoms. The Bertz CT molecular complexity index is 369. The molecule has 0 spiro atoms. The number of Topliss-reactive ketones (excluding diaryl/α,β-unsaturated/α-hetero) is 2. The van der Waals surface area contributed by atoms with Crippen molar-refractivity contribution in [3.63, 3.8) is 0 Å². The molecule has 0 aliphatic carbocycles. The first-order chi connectivity index (χ1) is 9.31. The summed E-state index contributed by atoms with van der Waals surface area (Å²) >= 11 is 0. The van der Waals surface area contributed by atoms with Crippen LogP contribution in [0.2, 0.25) is 0 Å². The van der Waals surface area contributed by atoms with Gasteiger partial charge in [-0.1, -0.05) is 34.6 Å². The Morgan fingerprint density at radius 3 is 1.90 bits per heavy atom. The lowest BCUT2D eigenvalue weighted by atomic mass is 9.75. The molecule has 5 heteroatoms. The molecule has 3 N–H and O–H groups in total. The molecule has 0 aliphatic heterocycles. The van der Waals surface area contributed by atoms with Gasteiger partial charge in [-0.25, -0.2) is 0 Å². The quantitative estimate of drug-likeness (QED) is 0.631. The van der Waals surface area contributed by atoms with Gasteiger partial charge < -0.3 is 15.3 Å². The van der Waals surface area contributed by atoms with Crippen molar-refractivity contribution in [3.8, 4) is 0 Å². The molecule has 0 fully saturated rings. The average molecular weight is 302 g/mol. The molecule has 5 nitrogen and oxygen atoms in total. The predicted octanol–water partition coefficient (Wildman–Crippen LogP) is 1.47. The van der Waals surface area contributed by atoms with Crippen molar-refractivity contribution in [2.75, 3.05) is 0 Å². The molecule has 0 amide bonds. The standard InChI is InChI=1S/C16H30O5/c1-10(2)13(19)12(18)7-8-16(21,9-11(3)17)14(20)15(4,5)6/h10,12-13,18-19,21H,7-9H2,1-6H3/t12-,13+,16+/m0/s1. The van der Waals surface area contributed by atoms with Gasteiger partial charge in [-0.2, -0.15) is 0 Å². The summed E-state index contributed by atoms with van der Waals surface area (Å²) in [6.07, 6.45) is -2.21. The van der Waals surface area contributed by atoms with E-state index in [2.05, 4.69) is 0 Å². The van der Waals surface area contributed by atoms with Crippen molar-refractivity contribution in [3.05, 3.63) is 0 Å². The minimum absolute atomic E-state index is 0.0480. The van der Waals surface area contributed by atoms with E-state index in [9.17, 15) is 24.9 Å². The number of aliphatic hydroxyl groups excluding tert-OH is 2. The lowest BCUT2D eigenvalue weighted by Gasteiger charge is -2.33. The fourth-order valence-electron chi connectivity index (χ4n) is 2.39. The molecule has 21 heavy (non-hydrogen) atoms. The fourth-order valence-corrected chi connectivity index (χ4v) is 2.39. The summed E-state index contributed by atoms with van der Waals surface area (Å²) in [5, 5.41) is 30.3. The summed E-state index contributed by atoms with van der Waals surface area (Å²) in [4.78, 5) is 23.7. The summed E-state index contributed by atoms with van der Waals surface area (Å²) < 4.78 is 0. The summed E-state index contributed by atoms with van der Waals surface area (Å²) in [6, 6.07) is 0. The van der Waals surface area contributed by atoms with Crippen LogP contribution < -0.4 is 0 Å².